The van der Waals surface area contributed by atoms with Crippen LogP contribution in [0.25, 0.3) is 0 Å². The fourth-order valence-electron chi connectivity index (χ4n) is 0. The Morgan fingerprint density at radius 1 is 0.800 bits per heavy atom. The van der Waals surface area contributed by atoms with Crippen LogP contribution in [-0.4, -0.2) is 0 Å². The molecule has 0 bridgehead atoms. The van der Waals surface area contributed by atoms with Crippen LogP contribution in [0.15, 0.2) is 0 Å². The van der Waals surface area contributed by atoms with Crippen LogP contribution < -0.4 is 11.7 Å². The maximum absolute atomic E-state index is 4.00. The second-order valence-corrected chi connectivity index (χ2v) is 1.06. The first-order chi connectivity index (χ1) is 2.50. The van der Waals surface area contributed by atoms with E-state index in [-0.39, 0.29) is 0 Å². The van der Waals surface area contributed by atoms with Crippen LogP contribution in [0.2, 0.25) is 0 Å². The minimum atomic E-state index is 1.50. The van der Waals surface area contributed by atoms with Crippen molar-refractivity contribution in [3.05, 3.63) is 0 Å². The molecule has 0 atom stereocenters. The first-order valence-corrected chi connectivity index (χ1v) is 1.83. The van der Waals surface area contributed by atoms with Crippen LogP contribution >= 0.6 is 0 Å². The zero-order valence-electron chi connectivity index (χ0n) is 3.28. The third kappa shape index (κ3) is 17.1. The highest BCUT2D eigenvalue weighted by molar-refractivity contribution is 4.50. The third-order valence-corrected chi connectivity index (χ3v) is 0.354. The number of nitrogens with two attached hydrogens (primary N) is 2. The van der Waals surface area contributed by atoms with Gasteiger partial charge in [-0.25, -0.2) is 0 Å². The van der Waals surface area contributed by atoms with Crippen LogP contribution in [0, 0.1) is 0 Å². The molecule has 0 heterocycles. The number of hydrogen-bond acceptors (Lipinski definition) is 2. The molecular weight excluding hydrogens is 64.0 g/mol. The first-order valence-electron chi connectivity index (χ1n) is 1.83. The van der Waals surface area contributed by atoms with Gasteiger partial charge in [-0.3, -0.25) is 11.7 Å². The number of hydrazine groups is 1. The van der Waals surface area contributed by atoms with E-state index < -0.39 is 0 Å². The highest BCUT2D eigenvalue weighted by atomic mass is 15.0. The van der Waals surface area contributed by atoms with Crippen molar-refractivity contribution in [2.24, 2.45) is 11.7 Å². The van der Waals surface area contributed by atoms with E-state index in [1.54, 1.807) is 0 Å². The minimum Gasteiger partial charge on any atom is -0.274 e. The third-order valence-electron chi connectivity index (χ3n) is 0.354. The van der Waals surface area contributed by atoms with E-state index in [2.05, 4.69) is 11.7 Å². The molecule has 0 aromatic heterocycles. The predicted octanol–water partition coefficient (Wildman–Crippen LogP) is -0.0109. The summed E-state index contributed by atoms with van der Waals surface area (Å²) in [6.45, 7) is 0. The molecule has 4 N–H and O–H groups in total. The molecular formula is C3H10N2. The Hall–Kier alpha value is -0.0800. The van der Waals surface area contributed by atoms with Crippen molar-refractivity contribution in [1.82, 2.24) is 0 Å². The molecule has 0 unspecified atom stereocenters. The molecule has 1 rings (SSSR count). The van der Waals surface area contributed by atoms with Gasteiger partial charge in [0.2, 0.25) is 0 Å². The molecule has 0 radical (unpaired) electrons. The average molecular weight is 74.1 g/mol. The molecule has 0 aromatic rings. The Balaban J connectivity index is 0.0000000733. The summed E-state index contributed by atoms with van der Waals surface area (Å²) in [6, 6.07) is 0. The Bertz CT molecular complexity index is 9.61. The molecule has 0 spiro atoms. The molecule has 1 saturated carbocycles. The molecule has 5 heavy (non-hydrogen) atoms. The SMILES string of the molecule is C1CC1.NN. The highest BCUT2D eigenvalue weighted by Gasteiger charge is 1.95. The fraction of sp³-hybridized carbons (Fsp3) is 1.00. The molecule has 0 aromatic carbocycles. The van der Waals surface area contributed by atoms with E-state index >= 15 is 0 Å². The molecule has 1 aliphatic rings. The average Bonchev–Trinajstić information content (AvgIpc) is 2.19. The number of hydrogen-bond donors (Lipinski definition) is 2. The summed E-state index contributed by atoms with van der Waals surface area (Å²) >= 11 is 0. The van der Waals surface area contributed by atoms with Crippen LogP contribution in [0.3, 0.4) is 0 Å². The largest absolute Gasteiger partial charge is 0.274 e. The van der Waals surface area contributed by atoms with Crippen LogP contribution in [-0.2, 0) is 0 Å². The van der Waals surface area contributed by atoms with E-state index in [1.165, 1.54) is 19.3 Å². The van der Waals surface area contributed by atoms with Gasteiger partial charge >= 0.3 is 0 Å². The van der Waals surface area contributed by atoms with Crippen molar-refractivity contribution in [1.29, 1.82) is 0 Å². The smallest absolute Gasteiger partial charge is 0.0533 e. The van der Waals surface area contributed by atoms with Gasteiger partial charge in [0.1, 0.15) is 0 Å². The monoisotopic (exact) mass is 74.1 g/mol. The summed E-state index contributed by atoms with van der Waals surface area (Å²) in [5.41, 5.74) is 0. The summed E-state index contributed by atoms with van der Waals surface area (Å²) < 4.78 is 0. The van der Waals surface area contributed by atoms with Crippen molar-refractivity contribution < 1.29 is 0 Å². The van der Waals surface area contributed by atoms with E-state index in [1.807, 2.05) is 0 Å². The Kier molecular flexibility index (Phi) is 3.86. The van der Waals surface area contributed by atoms with Gasteiger partial charge in [-0.05, 0) is 0 Å². The number of rotatable bonds is 0. The summed E-state index contributed by atoms with van der Waals surface area (Å²) in [6.07, 6.45) is 4.50. The molecule has 0 aliphatic heterocycles. The fourth-order valence-corrected chi connectivity index (χ4v) is 0. The lowest BCUT2D eigenvalue weighted by Crippen LogP contribution is -2.02. The van der Waals surface area contributed by atoms with Gasteiger partial charge < -0.3 is 0 Å². The van der Waals surface area contributed by atoms with Crippen molar-refractivity contribution in [2.75, 3.05) is 0 Å². The van der Waals surface area contributed by atoms with Gasteiger partial charge in [0.05, 0.1) is 0 Å². The molecule has 0 amide bonds. The lowest BCUT2D eigenvalue weighted by Gasteiger charge is -1.27. The minimum absolute atomic E-state index is 1.50. The second-order valence-electron chi connectivity index (χ2n) is 1.06. The topological polar surface area (TPSA) is 52.0 Å². The maximum atomic E-state index is 4.00. The quantitative estimate of drug-likeness (QED) is 0.313. The normalized spacial score (nSPS) is 15.6. The van der Waals surface area contributed by atoms with Crippen LogP contribution in [0.1, 0.15) is 19.3 Å². The van der Waals surface area contributed by atoms with Gasteiger partial charge in [0.25, 0.3) is 0 Å². The lowest BCUT2D eigenvalue weighted by atomic mass is 11.0. The summed E-state index contributed by atoms with van der Waals surface area (Å²) in [5.74, 6) is 8.00. The van der Waals surface area contributed by atoms with Crippen molar-refractivity contribution >= 4 is 0 Å². The van der Waals surface area contributed by atoms with Crippen molar-refractivity contribution in [2.45, 2.75) is 19.3 Å². The summed E-state index contributed by atoms with van der Waals surface area (Å²) in [4.78, 5) is 0. The van der Waals surface area contributed by atoms with Gasteiger partial charge in [0, 0.05) is 0 Å². The zero-order chi connectivity index (χ0) is 4.12. The first kappa shape index (κ1) is 4.92. The van der Waals surface area contributed by atoms with Crippen LogP contribution in [0.4, 0.5) is 0 Å². The highest BCUT2D eigenvalue weighted by Crippen LogP contribution is 2.14. The molecule has 1 aliphatic carbocycles. The standard InChI is InChI=1S/C3H6.H4N2/c1-2-3-1;1-2/h1-3H2;1-2H2. The predicted molar refractivity (Wildman–Crippen MR) is 22.2 cm³/mol. The molecule has 2 heteroatoms. The molecule has 32 valence electrons. The van der Waals surface area contributed by atoms with Crippen molar-refractivity contribution in [3.63, 3.8) is 0 Å². The van der Waals surface area contributed by atoms with E-state index in [0.717, 1.165) is 0 Å². The van der Waals surface area contributed by atoms with E-state index in [0.29, 0.717) is 0 Å². The molecule has 0 saturated heterocycles. The molecule has 2 nitrogen and oxygen atoms in total. The zero-order valence-corrected chi connectivity index (χ0v) is 3.28. The van der Waals surface area contributed by atoms with Gasteiger partial charge in [0.15, 0.2) is 0 Å². The lowest BCUT2D eigenvalue weighted by molar-refractivity contribution is 1.26. The van der Waals surface area contributed by atoms with E-state index in [9.17, 15) is 0 Å². The summed E-state index contributed by atoms with van der Waals surface area (Å²) in [5, 5.41) is 0. The Morgan fingerprint density at radius 2 is 1.00 bits per heavy atom. The summed E-state index contributed by atoms with van der Waals surface area (Å²) in [7, 11) is 0. The molecule has 1 fully saturated rings. The Morgan fingerprint density at radius 3 is 1.00 bits per heavy atom. The van der Waals surface area contributed by atoms with Gasteiger partial charge in [-0.2, -0.15) is 0 Å². The Labute approximate surface area is 32.1 Å². The maximum Gasteiger partial charge on any atom is -0.0533 e. The van der Waals surface area contributed by atoms with Crippen molar-refractivity contribution in [3.8, 4) is 0 Å². The van der Waals surface area contributed by atoms with E-state index in [4.69, 9.17) is 0 Å². The van der Waals surface area contributed by atoms with Gasteiger partial charge in [-0.15, -0.1) is 0 Å². The van der Waals surface area contributed by atoms with Gasteiger partial charge in [-0.1, -0.05) is 19.3 Å². The van der Waals surface area contributed by atoms with Crippen LogP contribution in [0.5, 0.6) is 0 Å². The second kappa shape index (κ2) is 3.92.